The van der Waals surface area contributed by atoms with Crippen LogP contribution in [0.3, 0.4) is 0 Å². The molecule has 0 heterocycles. The first-order chi connectivity index (χ1) is 38.4. The smallest absolute Gasteiger partial charge is 0.343 e. The molecular formula is C67H64O12. The zero-order chi connectivity index (χ0) is 56.7. The number of hydrogen-bond donors (Lipinski definition) is 0. The maximum absolute atomic E-state index is 14.0. The quantitative estimate of drug-likeness (QED) is 0.0849. The van der Waals surface area contributed by atoms with Gasteiger partial charge in [0.25, 0.3) is 0 Å². The Bertz CT molecular complexity index is 3590. The van der Waals surface area contributed by atoms with Gasteiger partial charge in [0, 0.05) is 0 Å². The molecule has 0 fully saturated rings. The predicted octanol–water partition coefficient (Wildman–Crippen LogP) is 15.0. The van der Waals surface area contributed by atoms with Crippen molar-refractivity contribution in [1.29, 1.82) is 0 Å². The molecule has 0 saturated carbocycles. The summed E-state index contributed by atoms with van der Waals surface area (Å²) in [6, 6.07) is 38.3. The molecule has 0 aliphatic heterocycles. The molecule has 0 bridgehead atoms. The summed E-state index contributed by atoms with van der Waals surface area (Å²) >= 11 is 0. The average Bonchev–Trinajstić information content (AvgIpc) is 4.38. The molecule has 8 aromatic rings. The Hall–Kier alpha value is -9.16. The SMILES string of the molecule is CC.CC.CC.COc1ccc(C(=O)Oc2cc3c(cc2C)-c2c(c4c(c5c2Cc2cc(OC(=O)c6ccc(OC)cc6)c(OC(=O)c6ccc(OC)cc6)cc2-5)Cc2cc(C)c(OC(=O)c5ccc(OC)cc5)cc2-4)C3)cc1. The number of benzene rings is 8. The second-order valence-electron chi connectivity index (χ2n) is 18.1. The largest absolute Gasteiger partial charge is 0.497 e. The van der Waals surface area contributed by atoms with Crippen molar-refractivity contribution < 1.29 is 57.1 Å². The highest BCUT2D eigenvalue weighted by Gasteiger charge is 2.39. The maximum Gasteiger partial charge on any atom is 0.343 e. The lowest BCUT2D eigenvalue weighted by Gasteiger charge is -2.18. The third-order valence-corrected chi connectivity index (χ3v) is 13.8. The number of esters is 4. The molecule has 0 aromatic heterocycles. The molecule has 11 rings (SSSR count). The van der Waals surface area contributed by atoms with Gasteiger partial charge in [0.2, 0.25) is 0 Å². The lowest BCUT2D eigenvalue weighted by molar-refractivity contribution is 0.0682. The first-order valence-corrected chi connectivity index (χ1v) is 26.5. The van der Waals surface area contributed by atoms with E-state index in [4.69, 9.17) is 37.9 Å². The summed E-state index contributed by atoms with van der Waals surface area (Å²) in [6.45, 7) is 15.8. The van der Waals surface area contributed by atoms with Crippen molar-refractivity contribution in [1.82, 2.24) is 0 Å². The molecule has 12 nitrogen and oxygen atoms in total. The van der Waals surface area contributed by atoms with E-state index in [1.54, 1.807) is 138 Å². The van der Waals surface area contributed by atoms with Crippen LogP contribution in [0, 0.1) is 13.8 Å². The van der Waals surface area contributed by atoms with Gasteiger partial charge in [-0.1, -0.05) is 47.6 Å². The number of hydrogen-bond acceptors (Lipinski definition) is 12. The Morgan fingerprint density at radius 2 is 0.557 bits per heavy atom. The van der Waals surface area contributed by atoms with E-state index < -0.39 is 23.9 Å². The molecule has 3 aliphatic rings. The minimum absolute atomic E-state index is 0.0576. The zero-order valence-electron chi connectivity index (χ0n) is 46.7. The first kappa shape index (κ1) is 56.1. The van der Waals surface area contributed by atoms with Gasteiger partial charge in [0.05, 0.1) is 50.7 Å². The van der Waals surface area contributed by atoms with Crippen LogP contribution in [0.15, 0.2) is 133 Å². The molecule has 0 atom stereocenters. The molecule has 3 aliphatic carbocycles. The van der Waals surface area contributed by atoms with Gasteiger partial charge in [-0.25, -0.2) is 19.2 Å². The fourth-order valence-corrected chi connectivity index (χ4v) is 10.1. The number of aryl methyl sites for hydroxylation is 2. The van der Waals surface area contributed by atoms with E-state index in [9.17, 15) is 19.2 Å². The summed E-state index contributed by atoms with van der Waals surface area (Å²) in [6.07, 6.45) is 1.54. The van der Waals surface area contributed by atoms with Gasteiger partial charge >= 0.3 is 23.9 Å². The molecule has 0 amide bonds. The van der Waals surface area contributed by atoms with Crippen LogP contribution in [-0.4, -0.2) is 52.3 Å². The Labute approximate surface area is 461 Å². The lowest BCUT2D eigenvalue weighted by atomic mass is 9.86. The minimum atomic E-state index is -0.658. The van der Waals surface area contributed by atoms with Gasteiger partial charge in [-0.2, -0.15) is 0 Å². The zero-order valence-corrected chi connectivity index (χ0v) is 46.7. The Kier molecular flexibility index (Phi) is 17.3. The normalized spacial score (nSPS) is 11.3. The summed E-state index contributed by atoms with van der Waals surface area (Å²) in [5.74, 6) is 1.09. The summed E-state index contributed by atoms with van der Waals surface area (Å²) in [4.78, 5) is 55.0. The Balaban J connectivity index is 0.00000133. The average molecular weight is 1060 g/mol. The molecule has 8 aromatic carbocycles. The van der Waals surface area contributed by atoms with Crippen LogP contribution in [0.25, 0.3) is 33.4 Å². The molecular weight excluding hydrogens is 997 g/mol. The molecule has 0 unspecified atom stereocenters. The Morgan fingerprint density at radius 1 is 0.316 bits per heavy atom. The topological polar surface area (TPSA) is 142 Å². The van der Waals surface area contributed by atoms with E-state index in [0.29, 0.717) is 64.9 Å². The minimum Gasteiger partial charge on any atom is -0.497 e. The molecule has 0 radical (unpaired) electrons. The third-order valence-electron chi connectivity index (χ3n) is 13.8. The van der Waals surface area contributed by atoms with Crippen LogP contribution in [0.4, 0.5) is 0 Å². The number of ether oxygens (including phenoxy) is 8. The van der Waals surface area contributed by atoms with Crippen molar-refractivity contribution in [2.24, 2.45) is 0 Å². The number of methoxy groups -OCH3 is 4. The molecule has 0 saturated heterocycles. The van der Waals surface area contributed by atoms with Crippen molar-refractivity contribution in [3.63, 3.8) is 0 Å². The fourth-order valence-electron chi connectivity index (χ4n) is 10.1. The second kappa shape index (κ2) is 24.4. The fraction of sp³-hybridized carbons (Fsp3) is 0.224. The molecule has 0 spiro atoms. The summed E-state index contributed by atoms with van der Waals surface area (Å²) in [5.41, 5.74) is 14.7. The van der Waals surface area contributed by atoms with Crippen LogP contribution in [0.2, 0.25) is 0 Å². The van der Waals surface area contributed by atoms with E-state index in [2.05, 4.69) is 12.1 Å². The van der Waals surface area contributed by atoms with Crippen LogP contribution in [-0.2, 0) is 19.3 Å². The van der Waals surface area contributed by atoms with Gasteiger partial charge in [-0.15, -0.1) is 0 Å². The van der Waals surface area contributed by atoms with Crippen molar-refractivity contribution in [3.8, 4) is 79.4 Å². The molecule has 404 valence electrons. The first-order valence-electron chi connectivity index (χ1n) is 26.5. The summed E-state index contributed by atoms with van der Waals surface area (Å²) in [7, 11) is 6.22. The standard InChI is InChI=1S/C61H46O12.3C2H6/c1-32-23-38-25-48-56(46(38)30-52(32)71-59(63)35-9-17-42(67-4)18-10-35)49-26-39-28-51(70-58(62)34-7-15-41(66-3)16-8-34)33(2)24-45(39)55(49)50-27-40-29-53(72-60(64)36-11-19-43(68-5)20-12-36)54(31-47(40)57(48)50)73-61(65)37-13-21-44(69-6)22-14-37;3*1-2/h7-24,28-31H,25-27H2,1-6H3;3*1-2H3. The number of carbonyl (C=O) groups is 4. The third kappa shape index (κ3) is 11.0. The van der Waals surface area contributed by atoms with E-state index in [1.165, 1.54) is 0 Å². The number of rotatable bonds is 12. The van der Waals surface area contributed by atoms with E-state index in [-0.39, 0.29) is 22.6 Å². The maximum atomic E-state index is 14.0. The highest BCUT2D eigenvalue weighted by Crippen LogP contribution is 2.58. The van der Waals surface area contributed by atoms with Crippen LogP contribution in [0.5, 0.6) is 46.0 Å². The summed E-state index contributed by atoms with van der Waals surface area (Å²) < 4.78 is 45.8. The van der Waals surface area contributed by atoms with Gasteiger partial charge in [-0.05, 0) is 238 Å². The van der Waals surface area contributed by atoms with Gasteiger partial charge in [0.15, 0.2) is 11.5 Å². The van der Waals surface area contributed by atoms with E-state index in [1.807, 2.05) is 67.5 Å². The van der Waals surface area contributed by atoms with E-state index >= 15 is 0 Å². The molecule has 12 heteroatoms. The van der Waals surface area contributed by atoms with Crippen LogP contribution < -0.4 is 37.9 Å². The predicted molar refractivity (Wildman–Crippen MR) is 306 cm³/mol. The summed E-state index contributed by atoms with van der Waals surface area (Å²) in [5, 5.41) is 0. The van der Waals surface area contributed by atoms with Crippen molar-refractivity contribution in [3.05, 3.63) is 200 Å². The van der Waals surface area contributed by atoms with Crippen molar-refractivity contribution >= 4 is 23.9 Å². The Morgan fingerprint density at radius 3 is 0.886 bits per heavy atom. The highest BCUT2D eigenvalue weighted by molar-refractivity contribution is 6.03. The number of carbonyl (C=O) groups excluding carboxylic acids is 4. The van der Waals surface area contributed by atoms with Crippen molar-refractivity contribution in [2.75, 3.05) is 28.4 Å². The molecule has 0 N–H and O–H groups in total. The van der Waals surface area contributed by atoms with Crippen molar-refractivity contribution in [2.45, 2.75) is 74.7 Å². The molecule has 79 heavy (non-hydrogen) atoms. The van der Waals surface area contributed by atoms with Gasteiger partial charge < -0.3 is 37.9 Å². The van der Waals surface area contributed by atoms with Crippen LogP contribution >= 0.6 is 0 Å². The van der Waals surface area contributed by atoms with Crippen LogP contribution in [0.1, 0.15) is 127 Å². The monoisotopic (exact) mass is 1060 g/mol. The van der Waals surface area contributed by atoms with E-state index in [0.717, 1.165) is 77.9 Å². The number of fused-ring (bicyclic) bond motifs is 12. The van der Waals surface area contributed by atoms with Gasteiger partial charge in [0.1, 0.15) is 34.5 Å². The highest BCUT2D eigenvalue weighted by atomic mass is 16.6. The second-order valence-corrected chi connectivity index (χ2v) is 18.1. The van der Waals surface area contributed by atoms with Gasteiger partial charge in [-0.3, -0.25) is 0 Å². The lowest BCUT2D eigenvalue weighted by Crippen LogP contribution is -2.13.